The summed E-state index contributed by atoms with van der Waals surface area (Å²) in [6.07, 6.45) is 6.82. The number of benzene rings is 1. The molecule has 1 aromatic carbocycles. The fraction of sp³-hybridized carbons (Fsp3) is 0.533. The Bertz CT molecular complexity index is 442. The molecule has 1 aliphatic carbocycles. The molecule has 0 amide bonds. The van der Waals surface area contributed by atoms with E-state index in [0.29, 0.717) is 5.56 Å². The van der Waals surface area contributed by atoms with Crippen LogP contribution in [0.3, 0.4) is 0 Å². The van der Waals surface area contributed by atoms with Gasteiger partial charge in [0.05, 0.1) is 5.56 Å². The van der Waals surface area contributed by atoms with Crippen molar-refractivity contribution >= 4 is 21.9 Å². The number of aromatic carboxylic acids is 1. The third-order valence-electron chi connectivity index (χ3n) is 3.82. The van der Waals surface area contributed by atoms with Crippen molar-refractivity contribution in [1.29, 1.82) is 0 Å². The molecule has 0 radical (unpaired) electrons. The summed E-state index contributed by atoms with van der Waals surface area (Å²) in [5.74, 6) is 0.0202. The van der Waals surface area contributed by atoms with Crippen molar-refractivity contribution < 1.29 is 9.90 Å². The van der Waals surface area contributed by atoms with Crippen molar-refractivity contribution in [3.8, 4) is 0 Å². The Labute approximate surface area is 122 Å². The standard InChI is InChI=1S/C15H20BrNO2/c16-14-9-12(15(18)19)5-6-13(14)10-17-8-7-11-3-1-2-4-11/h5-6,9,11,17H,1-4,7-8,10H2,(H,18,19). The van der Waals surface area contributed by atoms with E-state index in [4.69, 9.17) is 5.11 Å². The summed E-state index contributed by atoms with van der Waals surface area (Å²) >= 11 is 3.43. The molecule has 0 aliphatic heterocycles. The van der Waals surface area contributed by atoms with Gasteiger partial charge >= 0.3 is 5.97 Å². The maximum absolute atomic E-state index is 10.8. The summed E-state index contributed by atoms with van der Waals surface area (Å²) in [6, 6.07) is 5.19. The second-order valence-electron chi connectivity index (χ2n) is 5.23. The van der Waals surface area contributed by atoms with E-state index in [-0.39, 0.29) is 0 Å². The minimum absolute atomic E-state index is 0.321. The Balaban J connectivity index is 1.77. The number of rotatable bonds is 6. The average molecular weight is 326 g/mol. The van der Waals surface area contributed by atoms with Gasteiger partial charge in [-0.15, -0.1) is 0 Å². The van der Waals surface area contributed by atoms with Crippen LogP contribution in [0.15, 0.2) is 22.7 Å². The molecule has 1 aliphatic rings. The Kier molecular flexibility index (Phi) is 5.40. The van der Waals surface area contributed by atoms with Crippen LogP contribution >= 0.6 is 15.9 Å². The fourth-order valence-corrected chi connectivity index (χ4v) is 3.17. The predicted molar refractivity (Wildman–Crippen MR) is 79.4 cm³/mol. The van der Waals surface area contributed by atoms with E-state index in [0.717, 1.165) is 29.0 Å². The number of carboxylic acid groups (broad SMARTS) is 1. The molecule has 1 aromatic rings. The number of carboxylic acids is 1. The Hall–Kier alpha value is -0.870. The first-order valence-corrected chi connectivity index (χ1v) is 7.68. The lowest BCUT2D eigenvalue weighted by atomic mass is 10.0. The monoisotopic (exact) mass is 325 g/mol. The quantitative estimate of drug-likeness (QED) is 0.782. The van der Waals surface area contributed by atoms with Crippen molar-refractivity contribution in [3.05, 3.63) is 33.8 Å². The summed E-state index contributed by atoms with van der Waals surface area (Å²) in [4.78, 5) is 10.8. The van der Waals surface area contributed by atoms with Crippen molar-refractivity contribution in [1.82, 2.24) is 5.32 Å². The second-order valence-corrected chi connectivity index (χ2v) is 6.08. The molecule has 1 saturated carbocycles. The van der Waals surface area contributed by atoms with Gasteiger partial charge in [0, 0.05) is 11.0 Å². The largest absolute Gasteiger partial charge is 0.478 e. The first kappa shape index (κ1) is 14.5. The first-order chi connectivity index (χ1) is 9.16. The van der Waals surface area contributed by atoms with Crippen molar-refractivity contribution in [2.45, 2.75) is 38.6 Å². The molecular formula is C15H20BrNO2. The van der Waals surface area contributed by atoms with Gasteiger partial charge in [-0.05, 0) is 36.6 Å². The van der Waals surface area contributed by atoms with Crippen LogP contribution in [0.2, 0.25) is 0 Å². The number of hydrogen-bond donors (Lipinski definition) is 2. The molecule has 2 rings (SSSR count). The highest BCUT2D eigenvalue weighted by atomic mass is 79.9. The van der Waals surface area contributed by atoms with Crippen molar-refractivity contribution in [3.63, 3.8) is 0 Å². The predicted octanol–water partition coefficient (Wildman–Crippen LogP) is 3.82. The van der Waals surface area contributed by atoms with Crippen LogP contribution in [-0.2, 0) is 6.54 Å². The van der Waals surface area contributed by atoms with Gasteiger partial charge in [0.1, 0.15) is 0 Å². The zero-order valence-corrected chi connectivity index (χ0v) is 12.6. The summed E-state index contributed by atoms with van der Waals surface area (Å²) in [7, 11) is 0. The molecule has 0 heterocycles. The molecule has 0 unspecified atom stereocenters. The van der Waals surface area contributed by atoms with Gasteiger partial charge in [0.25, 0.3) is 0 Å². The topological polar surface area (TPSA) is 49.3 Å². The van der Waals surface area contributed by atoms with Crippen LogP contribution in [0.25, 0.3) is 0 Å². The third kappa shape index (κ3) is 4.32. The minimum Gasteiger partial charge on any atom is -0.478 e. The zero-order valence-electron chi connectivity index (χ0n) is 11.0. The molecule has 0 saturated heterocycles. The molecule has 2 N–H and O–H groups in total. The number of nitrogens with one attached hydrogen (secondary N) is 1. The summed E-state index contributed by atoms with van der Waals surface area (Å²) in [6.45, 7) is 1.82. The molecule has 1 fully saturated rings. The highest BCUT2D eigenvalue weighted by Gasteiger charge is 2.14. The van der Waals surface area contributed by atoms with E-state index in [1.54, 1.807) is 12.1 Å². The summed E-state index contributed by atoms with van der Waals surface area (Å²) < 4.78 is 0.862. The van der Waals surface area contributed by atoms with Crippen LogP contribution < -0.4 is 5.32 Å². The molecule has 0 aromatic heterocycles. The minimum atomic E-state index is -0.888. The molecule has 104 valence electrons. The van der Waals surface area contributed by atoms with Crippen LogP contribution in [-0.4, -0.2) is 17.6 Å². The molecule has 3 nitrogen and oxygen atoms in total. The summed E-state index contributed by atoms with van der Waals surface area (Å²) in [5, 5.41) is 12.3. The van der Waals surface area contributed by atoms with Gasteiger partial charge in [-0.25, -0.2) is 4.79 Å². The lowest BCUT2D eigenvalue weighted by molar-refractivity contribution is 0.0697. The first-order valence-electron chi connectivity index (χ1n) is 6.89. The lowest BCUT2D eigenvalue weighted by Gasteiger charge is -2.11. The SMILES string of the molecule is O=C(O)c1ccc(CNCCC2CCCC2)c(Br)c1. The van der Waals surface area contributed by atoms with E-state index in [1.165, 1.54) is 32.1 Å². The van der Waals surface area contributed by atoms with E-state index in [1.807, 2.05) is 6.07 Å². The van der Waals surface area contributed by atoms with Crippen molar-refractivity contribution in [2.75, 3.05) is 6.54 Å². The van der Waals surface area contributed by atoms with Crippen LogP contribution in [0.5, 0.6) is 0 Å². The number of hydrogen-bond acceptors (Lipinski definition) is 2. The van der Waals surface area contributed by atoms with Crippen LogP contribution in [0.4, 0.5) is 0 Å². The van der Waals surface area contributed by atoms with Crippen molar-refractivity contribution in [2.24, 2.45) is 5.92 Å². The lowest BCUT2D eigenvalue weighted by Crippen LogP contribution is -2.17. The highest BCUT2D eigenvalue weighted by Crippen LogP contribution is 2.27. The number of halogens is 1. The van der Waals surface area contributed by atoms with E-state index < -0.39 is 5.97 Å². The molecule has 0 spiro atoms. The summed E-state index contributed by atoms with van der Waals surface area (Å²) in [5.41, 5.74) is 1.43. The highest BCUT2D eigenvalue weighted by molar-refractivity contribution is 9.10. The second kappa shape index (κ2) is 7.06. The zero-order chi connectivity index (χ0) is 13.7. The van der Waals surface area contributed by atoms with Gasteiger partial charge in [-0.3, -0.25) is 0 Å². The normalized spacial score (nSPS) is 15.8. The van der Waals surface area contributed by atoms with Crippen LogP contribution in [0, 0.1) is 5.92 Å². The van der Waals surface area contributed by atoms with Gasteiger partial charge < -0.3 is 10.4 Å². The Morgan fingerprint density at radius 3 is 2.74 bits per heavy atom. The van der Waals surface area contributed by atoms with Gasteiger partial charge in [0.2, 0.25) is 0 Å². The third-order valence-corrected chi connectivity index (χ3v) is 4.56. The average Bonchev–Trinajstić information content (AvgIpc) is 2.89. The van der Waals surface area contributed by atoms with Gasteiger partial charge in [-0.1, -0.05) is 47.7 Å². The van der Waals surface area contributed by atoms with E-state index >= 15 is 0 Å². The molecule has 0 bridgehead atoms. The van der Waals surface area contributed by atoms with Crippen LogP contribution in [0.1, 0.15) is 48.0 Å². The number of carbonyl (C=O) groups is 1. The fourth-order valence-electron chi connectivity index (χ4n) is 2.65. The van der Waals surface area contributed by atoms with E-state index in [9.17, 15) is 4.79 Å². The smallest absolute Gasteiger partial charge is 0.335 e. The van der Waals surface area contributed by atoms with Gasteiger partial charge in [-0.2, -0.15) is 0 Å². The molecule has 0 atom stereocenters. The Morgan fingerprint density at radius 1 is 1.37 bits per heavy atom. The molecular weight excluding hydrogens is 306 g/mol. The van der Waals surface area contributed by atoms with Gasteiger partial charge in [0.15, 0.2) is 0 Å². The maximum Gasteiger partial charge on any atom is 0.335 e. The molecule has 4 heteroatoms. The molecule has 19 heavy (non-hydrogen) atoms. The van der Waals surface area contributed by atoms with E-state index in [2.05, 4.69) is 21.2 Å². The Morgan fingerprint density at radius 2 is 2.11 bits per heavy atom. The maximum atomic E-state index is 10.8.